The molecule has 0 radical (unpaired) electrons. The molecule has 0 bridgehead atoms. The number of rotatable bonds is 15. The van der Waals surface area contributed by atoms with Crippen LogP contribution in [0, 0.1) is 5.92 Å². The summed E-state index contributed by atoms with van der Waals surface area (Å²) in [6.07, 6.45) is 9.86. The maximum atomic E-state index is 12.1. The third-order valence-electron chi connectivity index (χ3n) is 8.01. The van der Waals surface area contributed by atoms with E-state index in [1.54, 1.807) is 0 Å². The highest BCUT2D eigenvalue weighted by Gasteiger charge is 2.39. The fraction of sp³-hybridized carbons (Fsp3) is 0.389. The van der Waals surface area contributed by atoms with Crippen molar-refractivity contribution in [3.63, 3.8) is 0 Å². The van der Waals surface area contributed by atoms with E-state index in [9.17, 15) is 5.11 Å². The number of allylic oxidation sites excluding steroid dienone is 3. The van der Waals surface area contributed by atoms with Crippen LogP contribution in [0.5, 0.6) is 11.5 Å². The fourth-order valence-electron chi connectivity index (χ4n) is 5.58. The third-order valence-corrected chi connectivity index (χ3v) is 10.0. The minimum Gasteiger partial charge on any atom is -0.486 e. The largest absolute Gasteiger partial charge is 0.486 e. The van der Waals surface area contributed by atoms with Crippen molar-refractivity contribution < 1.29 is 24.1 Å². The lowest BCUT2D eigenvalue weighted by atomic mass is 9.84. The van der Waals surface area contributed by atoms with E-state index in [0.29, 0.717) is 39.5 Å². The Kier molecular flexibility index (Phi) is 11.8. The van der Waals surface area contributed by atoms with Crippen LogP contribution in [0.1, 0.15) is 42.4 Å². The lowest BCUT2D eigenvalue weighted by molar-refractivity contribution is -0.0274. The van der Waals surface area contributed by atoms with Gasteiger partial charge in [-0.3, -0.25) is 0 Å². The smallest absolute Gasteiger partial charge is 0.161 e. The van der Waals surface area contributed by atoms with Crippen molar-refractivity contribution >= 4 is 27.7 Å². The van der Waals surface area contributed by atoms with Gasteiger partial charge in [-0.25, -0.2) is 0 Å². The Morgan fingerprint density at radius 1 is 0.930 bits per heavy atom. The second-order valence-corrected chi connectivity index (χ2v) is 13.1. The zero-order chi connectivity index (χ0) is 29.9. The lowest BCUT2D eigenvalue weighted by Crippen LogP contribution is -2.39. The Labute approximate surface area is 268 Å². The van der Waals surface area contributed by atoms with Crippen LogP contribution < -0.4 is 9.47 Å². The number of benzene rings is 3. The summed E-state index contributed by atoms with van der Waals surface area (Å²) in [4.78, 5) is -0.978. The van der Waals surface area contributed by atoms with Crippen LogP contribution in [0.25, 0.3) is 0 Å². The summed E-state index contributed by atoms with van der Waals surface area (Å²) >= 11 is 5.30. The van der Waals surface area contributed by atoms with Gasteiger partial charge in [0.05, 0.1) is 19.3 Å². The summed E-state index contributed by atoms with van der Waals surface area (Å²) in [5.74, 6) is 1.55. The lowest BCUT2D eigenvalue weighted by Gasteiger charge is -2.38. The van der Waals surface area contributed by atoms with Gasteiger partial charge in [0.15, 0.2) is 11.5 Å². The van der Waals surface area contributed by atoms with Crippen molar-refractivity contribution in [3.05, 3.63) is 118 Å². The maximum Gasteiger partial charge on any atom is 0.161 e. The Hall–Kier alpha value is -2.55. The first-order chi connectivity index (χ1) is 21.0. The van der Waals surface area contributed by atoms with E-state index in [0.717, 1.165) is 52.8 Å². The van der Waals surface area contributed by atoms with Gasteiger partial charge in [0, 0.05) is 23.4 Å². The summed E-state index contributed by atoms with van der Waals surface area (Å²) in [6, 6.07) is 26.6. The normalized spacial score (nSPS) is 18.3. The van der Waals surface area contributed by atoms with Crippen molar-refractivity contribution in [2.45, 2.75) is 56.4 Å². The first kappa shape index (κ1) is 31.9. The van der Waals surface area contributed by atoms with Crippen LogP contribution in [0.3, 0.4) is 0 Å². The highest BCUT2D eigenvalue weighted by Crippen LogP contribution is 2.43. The number of hydrogen-bond donors (Lipinski definition) is 1. The molecule has 1 aliphatic heterocycles. The van der Waals surface area contributed by atoms with Crippen LogP contribution in [-0.2, 0) is 29.1 Å². The maximum absolute atomic E-state index is 12.1. The highest BCUT2D eigenvalue weighted by atomic mass is 79.9. The Morgan fingerprint density at radius 2 is 1.63 bits per heavy atom. The van der Waals surface area contributed by atoms with Gasteiger partial charge < -0.3 is 24.1 Å². The molecular formula is C36H41BrO5S. The third kappa shape index (κ3) is 9.22. The van der Waals surface area contributed by atoms with Crippen LogP contribution in [0.15, 0.2) is 101 Å². The van der Waals surface area contributed by atoms with Gasteiger partial charge in [-0.15, -0.1) is 11.8 Å². The molecule has 1 heterocycles. The van der Waals surface area contributed by atoms with Gasteiger partial charge in [-0.1, -0.05) is 100 Å². The van der Waals surface area contributed by atoms with Gasteiger partial charge in [0.2, 0.25) is 0 Å². The van der Waals surface area contributed by atoms with E-state index in [-0.39, 0.29) is 12.0 Å². The van der Waals surface area contributed by atoms with Gasteiger partial charge in [0.1, 0.15) is 18.1 Å². The number of aliphatic hydroxyl groups is 1. The van der Waals surface area contributed by atoms with Gasteiger partial charge in [-0.2, -0.15) is 0 Å². The summed E-state index contributed by atoms with van der Waals surface area (Å²) in [6.45, 7) is 2.92. The van der Waals surface area contributed by atoms with Crippen molar-refractivity contribution in [1.82, 2.24) is 0 Å². The Morgan fingerprint density at radius 3 is 2.35 bits per heavy atom. The number of thioether (sulfide) groups is 1. The molecule has 0 spiro atoms. The molecule has 43 heavy (non-hydrogen) atoms. The van der Waals surface area contributed by atoms with Gasteiger partial charge >= 0.3 is 0 Å². The van der Waals surface area contributed by atoms with E-state index >= 15 is 0 Å². The number of ether oxygens (including phenoxy) is 4. The summed E-state index contributed by atoms with van der Waals surface area (Å²) in [5.41, 5.74) is 4.73. The molecule has 1 aliphatic carbocycles. The van der Waals surface area contributed by atoms with E-state index in [1.165, 1.54) is 22.9 Å². The van der Waals surface area contributed by atoms with Gasteiger partial charge in [-0.05, 0) is 60.8 Å². The minimum atomic E-state index is -0.978. The van der Waals surface area contributed by atoms with Crippen LogP contribution in [0.4, 0.5) is 0 Å². The van der Waals surface area contributed by atoms with Crippen molar-refractivity contribution in [3.8, 4) is 11.5 Å². The molecule has 0 saturated heterocycles. The molecule has 3 aromatic rings. The minimum absolute atomic E-state index is 0.0480. The van der Waals surface area contributed by atoms with E-state index in [2.05, 4.69) is 64.5 Å². The zero-order valence-corrected chi connectivity index (χ0v) is 27.2. The highest BCUT2D eigenvalue weighted by molar-refractivity contribution is 9.11. The Bertz CT molecular complexity index is 1360. The molecule has 228 valence electrons. The van der Waals surface area contributed by atoms with Crippen molar-refractivity contribution in [2.24, 2.45) is 5.92 Å². The molecular weight excluding hydrogens is 624 g/mol. The standard InChI is InChI=1S/C36H41BrO5S/c1-43-36(38,31-15-16-33(37)30(23-31)21-29-14-17-34-35(22-29)41-20-19-40-34)24-32(42-26-28-11-6-3-7-12-28)13-8-18-39-25-27-9-4-2-5-10-27/h2-7,9-12,14-17,22,31-32,38H,8,13,18-21,23-26H2,1H3. The van der Waals surface area contributed by atoms with Crippen LogP contribution in [0.2, 0.25) is 0 Å². The second kappa shape index (κ2) is 16.0. The molecule has 3 atom stereocenters. The molecule has 7 heteroatoms. The molecule has 0 amide bonds. The molecule has 0 aromatic heterocycles. The molecule has 2 aliphatic rings. The van der Waals surface area contributed by atoms with E-state index in [4.69, 9.17) is 18.9 Å². The summed E-state index contributed by atoms with van der Waals surface area (Å²) in [7, 11) is 0. The summed E-state index contributed by atoms with van der Waals surface area (Å²) < 4.78 is 25.0. The second-order valence-electron chi connectivity index (χ2n) is 11.1. The van der Waals surface area contributed by atoms with E-state index in [1.807, 2.05) is 48.7 Å². The molecule has 1 N–H and O–H groups in total. The predicted molar refractivity (Wildman–Crippen MR) is 178 cm³/mol. The van der Waals surface area contributed by atoms with Crippen LogP contribution in [-0.4, -0.2) is 42.2 Å². The number of fused-ring (bicyclic) bond motifs is 1. The number of hydrogen-bond acceptors (Lipinski definition) is 6. The van der Waals surface area contributed by atoms with Crippen LogP contribution >= 0.6 is 27.7 Å². The first-order valence-electron chi connectivity index (χ1n) is 15.0. The summed E-state index contributed by atoms with van der Waals surface area (Å²) in [5, 5.41) is 12.1. The van der Waals surface area contributed by atoms with Gasteiger partial charge in [0.25, 0.3) is 0 Å². The molecule has 3 unspecified atom stereocenters. The molecule has 3 aromatic carbocycles. The Balaban J connectivity index is 1.22. The quantitative estimate of drug-likeness (QED) is 0.130. The zero-order valence-electron chi connectivity index (χ0n) is 24.8. The van der Waals surface area contributed by atoms with Crippen molar-refractivity contribution in [2.75, 3.05) is 26.1 Å². The predicted octanol–water partition coefficient (Wildman–Crippen LogP) is 8.25. The fourth-order valence-corrected chi connectivity index (χ4v) is 6.85. The van der Waals surface area contributed by atoms with Crippen molar-refractivity contribution in [1.29, 1.82) is 0 Å². The molecule has 0 saturated carbocycles. The SMILES string of the molecule is CSC(O)(CC(CCCOCc1ccccc1)OCc1ccccc1)C1C=CC(Br)=C(Cc2ccc3c(c2)OCCO3)C1. The molecule has 5 nitrogen and oxygen atoms in total. The molecule has 5 rings (SSSR count). The first-order valence-corrected chi connectivity index (χ1v) is 17.0. The van der Waals surface area contributed by atoms with E-state index < -0.39 is 4.93 Å². The average molecular weight is 666 g/mol. The number of halogens is 1. The average Bonchev–Trinajstić information content (AvgIpc) is 3.05. The molecule has 0 fully saturated rings. The monoisotopic (exact) mass is 664 g/mol. The topological polar surface area (TPSA) is 57.2 Å².